The van der Waals surface area contributed by atoms with Gasteiger partial charge in [0, 0.05) is 11.8 Å². The number of tetrazole rings is 1. The number of quaternary nitrogens is 1. The van der Waals surface area contributed by atoms with Gasteiger partial charge >= 0.3 is 0 Å². The van der Waals surface area contributed by atoms with Crippen molar-refractivity contribution < 1.29 is 24.3 Å². The lowest BCUT2D eigenvalue weighted by Gasteiger charge is -2.17. The maximum absolute atomic E-state index is 6.14. The number of aromatic nitrogens is 5. The molecule has 10 nitrogen and oxygen atoms in total. The molecule has 0 amide bonds. The van der Waals surface area contributed by atoms with E-state index in [9.17, 15) is 0 Å². The van der Waals surface area contributed by atoms with Gasteiger partial charge in [0.1, 0.15) is 37.4 Å². The molecule has 5 heterocycles. The standard InChI is InChI=1S/C20H20N6O4/c1-2-6-21-13(3-1)8-22-14-9-27-19-15(10-28-18(14)19)26-20(23-24-25-26)12-4-5-16-17(7-12)30-11-29-16/h1-7,14-15,18-19,22H,8-11H2/p+1/t14-,15-,18+,19+/m0/s1. The van der Waals surface area contributed by atoms with Gasteiger partial charge in [-0.3, -0.25) is 4.98 Å². The molecule has 2 saturated heterocycles. The van der Waals surface area contributed by atoms with Crippen LogP contribution in [0.25, 0.3) is 11.4 Å². The first kappa shape index (κ1) is 17.8. The summed E-state index contributed by atoms with van der Waals surface area (Å²) in [5.41, 5.74) is 1.91. The van der Waals surface area contributed by atoms with Gasteiger partial charge in [0.05, 0.1) is 12.3 Å². The lowest BCUT2D eigenvalue weighted by Crippen LogP contribution is -2.91. The quantitative estimate of drug-likeness (QED) is 0.624. The van der Waals surface area contributed by atoms with Gasteiger partial charge in [-0.15, -0.1) is 5.10 Å². The van der Waals surface area contributed by atoms with E-state index < -0.39 is 0 Å². The lowest BCUT2D eigenvalue weighted by atomic mass is 10.1. The molecular formula is C20H21N6O4+. The molecule has 30 heavy (non-hydrogen) atoms. The second-order valence-electron chi connectivity index (χ2n) is 7.60. The highest BCUT2D eigenvalue weighted by Crippen LogP contribution is 2.38. The Bertz CT molecular complexity index is 1040. The summed E-state index contributed by atoms with van der Waals surface area (Å²) in [5, 5.41) is 14.6. The summed E-state index contributed by atoms with van der Waals surface area (Å²) in [6.07, 6.45) is 1.72. The molecule has 2 aromatic heterocycles. The highest BCUT2D eigenvalue weighted by molar-refractivity contribution is 5.61. The number of rotatable bonds is 5. The van der Waals surface area contributed by atoms with Crippen LogP contribution in [0.5, 0.6) is 11.5 Å². The molecule has 1 aromatic carbocycles. The van der Waals surface area contributed by atoms with Crippen molar-refractivity contribution in [1.29, 1.82) is 0 Å². The van der Waals surface area contributed by atoms with Crippen LogP contribution in [0.15, 0.2) is 42.6 Å². The summed E-state index contributed by atoms with van der Waals surface area (Å²) < 4.78 is 25.0. The van der Waals surface area contributed by atoms with Crippen molar-refractivity contribution in [2.24, 2.45) is 0 Å². The van der Waals surface area contributed by atoms with Crippen molar-refractivity contribution in [2.45, 2.75) is 30.8 Å². The first-order valence-electron chi connectivity index (χ1n) is 10.0. The van der Waals surface area contributed by atoms with E-state index in [-0.39, 0.29) is 31.1 Å². The normalized spacial score (nSPS) is 26.8. The number of benzene rings is 1. The molecule has 0 saturated carbocycles. The average molecular weight is 409 g/mol. The number of hydrogen-bond donors (Lipinski definition) is 1. The number of hydrogen-bond acceptors (Lipinski definition) is 8. The number of ether oxygens (including phenoxy) is 4. The third-order valence-corrected chi connectivity index (χ3v) is 5.86. The summed E-state index contributed by atoms with van der Waals surface area (Å²) >= 11 is 0. The van der Waals surface area contributed by atoms with Crippen molar-refractivity contribution in [1.82, 2.24) is 25.2 Å². The van der Waals surface area contributed by atoms with E-state index in [1.165, 1.54) is 0 Å². The van der Waals surface area contributed by atoms with Crippen LogP contribution in [0, 0.1) is 0 Å². The Labute approximate surface area is 172 Å². The zero-order valence-electron chi connectivity index (χ0n) is 16.1. The summed E-state index contributed by atoms with van der Waals surface area (Å²) in [7, 11) is 0. The Morgan fingerprint density at radius 1 is 1.03 bits per heavy atom. The molecular weight excluding hydrogens is 388 g/mol. The topological polar surface area (TPSA) is 110 Å². The van der Waals surface area contributed by atoms with Crippen LogP contribution in [0.2, 0.25) is 0 Å². The molecule has 0 aliphatic carbocycles. The van der Waals surface area contributed by atoms with E-state index in [2.05, 4.69) is 25.8 Å². The Morgan fingerprint density at radius 2 is 1.97 bits per heavy atom. The molecule has 2 N–H and O–H groups in total. The SMILES string of the molecule is c1ccc(C[NH2+][C@H]2CO[C@H]3[C@@H]2OC[C@@H]3n2nnnc2-c2ccc3c(c2)OCO3)nc1. The number of nitrogens with two attached hydrogens (primary N) is 1. The maximum Gasteiger partial charge on any atom is 0.231 e. The summed E-state index contributed by atoms with van der Waals surface area (Å²) in [6.45, 7) is 2.15. The fourth-order valence-electron chi connectivity index (χ4n) is 4.35. The van der Waals surface area contributed by atoms with E-state index in [4.69, 9.17) is 18.9 Å². The van der Waals surface area contributed by atoms with Crippen molar-refractivity contribution >= 4 is 0 Å². The number of fused-ring (bicyclic) bond motifs is 2. The second kappa shape index (κ2) is 7.31. The van der Waals surface area contributed by atoms with Crippen LogP contribution in [0.4, 0.5) is 0 Å². The molecule has 0 unspecified atom stereocenters. The molecule has 4 atom stereocenters. The van der Waals surface area contributed by atoms with Gasteiger partial charge in [-0.25, -0.2) is 4.68 Å². The Hall–Kier alpha value is -3.08. The molecule has 0 spiro atoms. The first-order chi connectivity index (χ1) is 14.9. The minimum Gasteiger partial charge on any atom is -0.454 e. The molecule has 154 valence electrons. The van der Waals surface area contributed by atoms with Crippen molar-refractivity contribution in [3.63, 3.8) is 0 Å². The third-order valence-electron chi connectivity index (χ3n) is 5.86. The van der Waals surface area contributed by atoms with Gasteiger partial charge in [0.25, 0.3) is 0 Å². The van der Waals surface area contributed by atoms with Crippen LogP contribution in [-0.2, 0) is 16.0 Å². The molecule has 3 aliphatic heterocycles. The predicted molar refractivity (Wildman–Crippen MR) is 102 cm³/mol. The second-order valence-corrected chi connectivity index (χ2v) is 7.60. The Morgan fingerprint density at radius 3 is 2.90 bits per heavy atom. The van der Waals surface area contributed by atoms with Gasteiger partial charge in [-0.05, 0) is 40.8 Å². The van der Waals surface area contributed by atoms with Crippen LogP contribution < -0.4 is 14.8 Å². The molecule has 10 heteroatoms. The monoisotopic (exact) mass is 409 g/mol. The molecule has 3 aromatic rings. The first-order valence-corrected chi connectivity index (χ1v) is 10.0. The van der Waals surface area contributed by atoms with Crippen molar-refractivity contribution in [3.05, 3.63) is 48.3 Å². The zero-order chi connectivity index (χ0) is 19.9. The molecule has 2 fully saturated rings. The minimum atomic E-state index is -0.0914. The summed E-state index contributed by atoms with van der Waals surface area (Å²) in [4.78, 5) is 4.39. The van der Waals surface area contributed by atoms with E-state index in [1.807, 2.05) is 47.3 Å². The van der Waals surface area contributed by atoms with E-state index in [1.54, 1.807) is 0 Å². The van der Waals surface area contributed by atoms with Gasteiger partial charge in [-0.2, -0.15) is 0 Å². The van der Waals surface area contributed by atoms with Gasteiger partial charge in [-0.1, -0.05) is 6.07 Å². The van der Waals surface area contributed by atoms with Crippen molar-refractivity contribution in [3.8, 4) is 22.9 Å². The van der Waals surface area contributed by atoms with Gasteiger partial charge < -0.3 is 24.3 Å². The Kier molecular flexibility index (Phi) is 4.33. The molecule has 3 aliphatic rings. The lowest BCUT2D eigenvalue weighted by molar-refractivity contribution is -0.708. The summed E-state index contributed by atoms with van der Waals surface area (Å²) in [6, 6.07) is 11.8. The molecule has 6 rings (SSSR count). The zero-order valence-corrected chi connectivity index (χ0v) is 16.1. The fraction of sp³-hybridized carbons (Fsp3) is 0.400. The largest absolute Gasteiger partial charge is 0.454 e. The van der Waals surface area contributed by atoms with E-state index in [0.717, 1.165) is 23.6 Å². The third kappa shape index (κ3) is 3.00. The van der Waals surface area contributed by atoms with E-state index >= 15 is 0 Å². The van der Waals surface area contributed by atoms with E-state index in [0.29, 0.717) is 24.8 Å². The van der Waals surface area contributed by atoms with Crippen LogP contribution in [-0.4, -0.2) is 63.4 Å². The van der Waals surface area contributed by atoms with Crippen molar-refractivity contribution in [2.75, 3.05) is 20.0 Å². The maximum atomic E-state index is 6.14. The highest BCUT2D eigenvalue weighted by Gasteiger charge is 2.51. The summed E-state index contributed by atoms with van der Waals surface area (Å²) in [5.74, 6) is 2.09. The smallest absolute Gasteiger partial charge is 0.231 e. The predicted octanol–water partition coefficient (Wildman–Crippen LogP) is -0.0653. The average Bonchev–Trinajstić information content (AvgIpc) is 3.56. The fourth-order valence-corrected chi connectivity index (χ4v) is 4.35. The highest BCUT2D eigenvalue weighted by atomic mass is 16.7. The van der Waals surface area contributed by atoms with Crippen LogP contribution in [0.3, 0.4) is 0 Å². The molecule has 0 radical (unpaired) electrons. The van der Waals surface area contributed by atoms with Crippen LogP contribution >= 0.6 is 0 Å². The van der Waals surface area contributed by atoms with Gasteiger partial charge in [0.15, 0.2) is 17.3 Å². The molecule has 0 bridgehead atoms. The van der Waals surface area contributed by atoms with Gasteiger partial charge in [0.2, 0.25) is 6.79 Å². The number of nitrogens with zero attached hydrogens (tertiary/aromatic N) is 5. The Balaban J connectivity index is 1.19. The minimum absolute atomic E-state index is 0.00693. The van der Waals surface area contributed by atoms with Crippen LogP contribution in [0.1, 0.15) is 11.7 Å². The number of pyridine rings is 1.